The fourth-order valence-corrected chi connectivity index (χ4v) is 3.52. The second-order valence-electron chi connectivity index (χ2n) is 4.68. The molecule has 7 heteroatoms. The van der Waals surface area contributed by atoms with Crippen LogP contribution in [-0.2, 0) is 13.1 Å². The van der Waals surface area contributed by atoms with Crippen molar-refractivity contribution in [2.45, 2.75) is 13.1 Å². The molecule has 1 fully saturated rings. The van der Waals surface area contributed by atoms with Gasteiger partial charge in [-0.15, -0.1) is 5.10 Å². The van der Waals surface area contributed by atoms with Gasteiger partial charge in [-0.25, -0.2) is 0 Å². The second-order valence-corrected chi connectivity index (χ2v) is 6.81. The average molecular weight is 315 g/mol. The molecule has 1 saturated heterocycles. The predicted molar refractivity (Wildman–Crippen MR) is 79.8 cm³/mol. The molecule has 19 heavy (non-hydrogen) atoms. The van der Waals surface area contributed by atoms with Gasteiger partial charge in [0.05, 0.1) is 0 Å². The van der Waals surface area contributed by atoms with Crippen LogP contribution in [0.15, 0.2) is 16.8 Å². The van der Waals surface area contributed by atoms with Gasteiger partial charge in [0.15, 0.2) is 0 Å². The van der Waals surface area contributed by atoms with Crippen molar-refractivity contribution in [2.24, 2.45) is 0 Å². The number of hydrogen-bond donors (Lipinski definition) is 0. The number of halogens is 1. The minimum Gasteiger partial charge on any atom is -0.297 e. The minimum absolute atomic E-state index is 0.723. The van der Waals surface area contributed by atoms with Crippen LogP contribution in [0, 0.1) is 0 Å². The van der Waals surface area contributed by atoms with Gasteiger partial charge in [0, 0.05) is 50.8 Å². The summed E-state index contributed by atoms with van der Waals surface area (Å²) in [5, 5.41) is 8.44. The molecule has 102 valence electrons. The Morgan fingerprint density at radius 1 is 1.16 bits per heavy atom. The Balaban J connectivity index is 1.48. The highest BCUT2D eigenvalue weighted by molar-refractivity contribution is 7.10. The molecule has 1 aliphatic heterocycles. The zero-order valence-electron chi connectivity index (χ0n) is 10.5. The summed E-state index contributed by atoms with van der Waals surface area (Å²) in [6, 6.07) is 2.21. The Bertz CT molecular complexity index is 506. The third-order valence-electron chi connectivity index (χ3n) is 3.33. The predicted octanol–water partition coefficient (Wildman–Crippen LogP) is 2.57. The van der Waals surface area contributed by atoms with Crippen molar-refractivity contribution in [1.29, 1.82) is 0 Å². The fourth-order valence-electron chi connectivity index (χ4n) is 2.25. The van der Waals surface area contributed by atoms with Crippen LogP contribution in [0.4, 0.5) is 0 Å². The molecule has 0 amide bonds. The van der Waals surface area contributed by atoms with Gasteiger partial charge in [-0.2, -0.15) is 11.3 Å². The van der Waals surface area contributed by atoms with E-state index in [1.807, 2.05) is 0 Å². The van der Waals surface area contributed by atoms with Gasteiger partial charge in [-0.1, -0.05) is 16.1 Å². The summed E-state index contributed by atoms with van der Waals surface area (Å²) >= 11 is 9.07. The first-order valence-electron chi connectivity index (χ1n) is 6.24. The van der Waals surface area contributed by atoms with Crippen LogP contribution in [0.2, 0.25) is 4.34 Å². The summed E-state index contributed by atoms with van der Waals surface area (Å²) in [7, 11) is 0. The lowest BCUT2D eigenvalue weighted by Crippen LogP contribution is -2.45. The molecule has 3 heterocycles. The fraction of sp³-hybridized carbons (Fsp3) is 0.500. The normalized spacial score (nSPS) is 17.9. The van der Waals surface area contributed by atoms with Crippen LogP contribution < -0.4 is 0 Å². The van der Waals surface area contributed by atoms with E-state index < -0.39 is 0 Å². The van der Waals surface area contributed by atoms with Crippen LogP contribution in [0.25, 0.3) is 0 Å². The highest BCUT2D eigenvalue weighted by atomic mass is 35.5. The van der Waals surface area contributed by atoms with E-state index in [4.69, 9.17) is 11.6 Å². The maximum absolute atomic E-state index is 6.04. The monoisotopic (exact) mass is 314 g/mol. The highest BCUT2D eigenvalue weighted by Gasteiger charge is 2.19. The summed E-state index contributed by atoms with van der Waals surface area (Å²) in [5.41, 5.74) is 2.34. The molecule has 2 aromatic rings. The quantitative estimate of drug-likeness (QED) is 0.868. The lowest BCUT2D eigenvalue weighted by molar-refractivity contribution is 0.121. The molecule has 0 unspecified atom stereocenters. The summed E-state index contributed by atoms with van der Waals surface area (Å²) in [4.78, 5) is 4.90. The standard InChI is InChI=1S/C12H15ClN4S2/c13-12-11(14-15-19-12)8-17-4-2-16(3-5-17)7-10-1-6-18-9-10/h1,6,9H,2-5,7-8H2. The zero-order chi connectivity index (χ0) is 13.1. The van der Waals surface area contributed by atoms with E-state index in [9.17, 15) is 0 Å². The highest BCUT2D eigenvalue weighted by Crippen LogP contribution is 2.19. The second kappa shape index (κ2) is 6.28. The molecule has 0 bridgehead atoms. The molecule has 0 saturated carbocycles. The van der Waals surface area contributed by atoms with E-state index in [2.05, 4.69) is 36.2 Å². The van der Waals surface area contributed by atoms with Crippen molar-refractivity contribution in [3.05, 3.63) is 32.4 Å². The van der Waals surface area contributed by atoms with E-state index in [1.54, 1.807) is 11.3 Å². The third-order valence-corrected chi connectivity index (χ3v) is 5.05. The average Bonchev–Trinajstić information content (AvgIpc) is 3.05. The minimum atomic E-state index is 0.723. The van der Waals surface area contributed by atoms with E-state index in [1.165, 1.54) is 17.1 Å². The lowest BCUT2D eigenvalue weighted by atomic mass is 10.2. The van der Waals surface area contributed by atoms with Gasteiger partial charge < -0.3 is 0 Å². The number of nitrogens with zero attached hydrogens (tertiary/aromatic N) is 4. The van der Waals surface area contributed by atoms with Gasteiger partial charge in [-0.3, -0.25) is 9.80 Å². The van der Waals surface area contributed by atoms with Crippen molar-refractivity contribution in [1.82, 2.24) is 19.4 Å². The zero-order valence-corrected chi connectivity index (χ0v) is 12.8. The van der Waals surface area contributed by atoms with Gasteiger partial charge >= 0.3 is 0 Å². The molecule has 0 aromatic carbocycles. The van der Waals surface area contributed by atoms with Crippen LogP contribution in [-0.4, -0.2) is 45.6 Å². The summed E-state index contributed by atoms with van der Waals surface area (Å²) in [6.45, 7) is 6.23. The van der Waals surface area contributed by atoms with E-state index in [0.717, 1.165) is 49.3 Å². The van der Waals surface area contributed by atoms with Crippen molar-refractivity contribution in [3.63, 3.8) is 0 Å². The van der Waals surface area contributed by atoms with Gasteiger partial charge in [0.1, 0.15) is 10.0 Å². The first-order valence-corrected chi connectivity index (χ1v) is 8.33. The topological polar surface area (TPSA) is 32.3 Å². The molecule has 2 aromatic heterocycles. The summed E-state index contributed by atoms with van der Waals surface area (Å²) in [5.74, 6) is 0. The maximum atomic E-state index is 6.04. The number of rotatable bonds is 4. The molecule has 1 aliphatic rings. The van der Waals surface area contributed by atoms with E-state index >= 15 is 0 Å². The Morgan fingerprint density at radius 3 is 2.47 bits per heavy atom. The molecule has 0 radical (unpaired) electrons. The number of aromatic nitrogens is 2. The van der Waals surface area contributed by atoms with Crippen LogP contribution >= 0.6 is 34.5 Å². The number of hydrogen-bond acceptors (Lipinski definition) is 6. The van der Waals surface area contributed by atoms with Crippen molar-refractivity contribution in [2.75, 3.05) is 26.2 Å². The maximum Gasteiger partial charge on any atom is 0.138 e. The Hall–Kier alpha value is -0.530. The molecule has 0 aliphatic carbocycles. The summed E-state index contributed by atoms with van der Waals surface area (Å²) in [6.07, 6.45) is 0. The first kappa shape index (κ1) is 13.5. The molecular weight excluding hydrogens is 300 g/mol. The van der Waals surface area contributed by atoms with Gasteiger partial charge in [-0.05, 0) is 22.4 Å². The van der Waals surface area contributed by atoms with E-state index in [-0.39, 0.29) is 0 Å². The van der Waals surface area contributed by atoms with Crippen LogP contribution in [0.3, 0.4) is 0 Å². The smallest absolute Gasteiger partial charge is 0.138 e. The molecule has 0 N–H and O–H groups in total. The number of piperazine rings is 1. The first-order chi connectivity index (χ1) is 9.31. The molecule has 0 spiro atoms. The molecule has 0 atom stereocenters. The van der Waals surface area contributed by atoms with Gasteiger partial charge in [0.2, 0.25) is 0 Å². The van der Waals surface area contributed by atoms with Gasteiger partial charge in [0.25, 0.3) is 0 Å². The van der Waals surface area contributed by atoms with Crippen LogP contribution in [0.5, 0.6) is 0 Å². The Morgan fingerprint density at radius 2 is 1.89 bits per heavy atom. The lowest BCUT2D eigenvalue weighted by Gasteiger charge is -2.34. The summed E-state index contributed by atoms with van der Waals surface area (Å²) < 4.78 is 4.60. The van der Waals surface area contributed by atoms with Crippen molar-refractivity contribution < 1.29 is 0 Å². The molecule has 4 nitrogen and oxygen atoms in total. The third kappa shape index (κ3) is 3.52. The Labute approximate surface area is 125 Å². The van der Waals surface area contributed by atoms with Crippen molar-refractivity contribution >= 4 is 34.5 Å². The SMILES string of the molecule is Clc1snnc1CN1CCN(Cc2ccsc2)CC1. The van der Waals surface area contributed by atoms with Crippen LogP contribution in [0.1, 0.15) is 11.3 Å². The Kier molecular flexibility index (Phi) is 4.45. The largest absolute Gasteiger partial charge is 0.297 e. The molecular formula is C12H15ClN4S2. The van der Waals surface area contributed by atoms with E-state index in [0.29, 0.717) is 0 Å². The molecule has 3 rings (SSSR count). The van der Waals surface area contributed by atoms with Crippen molar-refractivity contribution in [3.8, 4) is 0 Å². The number of thiophene rings is 1.